The van der Waals surface area contributed by atoms with Crippen molar-refractivity contribution in [3.63, 3.8) is 0 Å². The van der Waals surface area contributed by atoms with Crippen molar-refractivity contribution in [1.82, 2.24) is 10.3 Å². The van der Waals surface area contributed by atoms with Crippen LogP contribution in [0.5, 0.6) is 5.75 Å². The molecule has 4 rings (SSSR count). The molecular formula is C25H22F3N3O4S. The first-order valence-electron chi connectivity index (χ1n) is 11.0. The van der Waals surface area contributed by atoms with E-state index in [1.807, 2.05) is 37.3 Å². The van der Waals surface area contributed by atoms with E-state index in [2.05, 4.69) is 19.8 Å². The number of alkyl halides is 3. The van der Waals surface area contributed by atoms with Crippen LogP contribution in [0, 0.1) is 0 Å². The first-order valence-corrected chi connectivity index (χ1v) is 12.4. The number of anilines is 1. The fourth-order valence-electron chi connectivity index (χ4n) is 3.69. The normalized spacial score (nSPS) is 11.9. The van der Waals surface area contributed by atoms with E-state index in [9.17, 15) is 26.4 Å². The van der Waals surface area contributed by atoms with Gasteiger partial charge in [-0.15, -0.1) is 13.2 Å². The number of amides is 1. The van der Waals surface area contributed by atoms with Crippen molar-refractivity contribution in [3.05, 3.63) is 78.5 Å². The van der Waals surface area contributed by atoms with Gasteiger partial charge in [0, 0.05) is 28.7 Å². The fourth-order valence-corrected chi connectivity index (χ4v) is 4.74. The maximum atomic E-state index is 12.9. The SMILES string of the molecule is CCCNC(=O)c1[nH]c2ccc(NS(=O)(=O)c3ccc(OC(F)(F)F)cc3)cc2c1-c1ccccc1. The molecule has 0 aliphatic rings. The van der Waals surface area contributed by atoms with Gasteiger partial charge in [0.05, 0.1) is 4.90 Å². The summed E-state index contributed by atoms with van der Waals surface area (Å²) in [5.74, 6) is -0.813. The van der Waals surface area contributed by atoms with Gasteiger partial charge in [0.1, 0.15) is 11.4 Å². The lowest BCUT2D eigenvalue weighted by atomic mass is 10.0. The minimum absolute atomic E-state index is 0.217. The number of aromatic amines is 1. The molecule has 0 fully saturated rings. The van der Waals surface area contributed by atoms with Crippen LogP contribution in [0.15, 0.2) is 77.7 Å². The summed E-state index contributed by atoms with van der Waals surface area (Å²) in [5.41, 5.74) is 2.59. The molecule has 36 heavy (non-hydrogen) atoms. The molecule has 0 bridgehead atoms. The van der Waals surface area contributed by atoms with Crippen LogP contribution >= 0.6 is 0 Å². The smallest absolute Gasteiger partial charge is 0.406 e. The third kappa shape index (κ3) is 5.62. The summed E-state index contributed by atoms with van der Waals surface area (Å²) >= 11 is 0. The number of fused-ring (bicyclic) bond motifs is 1. The number of ether oxygens (including phenoxy) is 1. The molecule has 3 aromatic carbocycles. The van der Waals surface area contributed by atoms with Crippen LogP contribution in [0.25, 0.3) is 22.0 Å². The number of hydrogen-bond donors (Lipinski definition) is 3. The molecule has 0 atom stereocenters. The molecule has 0 spiro atoms. The van der Waals surface area contributed by atoms with Crippen LogP contribution in [0.1, 0.15) is 23.8 Å². The lowest BCUT2D eigenvalue weighted by molar-refractivity contribution is -0.274. The number of aromatic nitrogens is 1. The van der Waals surface area contributed by atoms with Crippen molar-refractivity contribution in [2.24, 2.45) is 0 Å². The molecule has 1 aromatic heterocycles. The van der Waals surface area contributed by atoms with E-state index < -0.39 is 22.1 Å². The molecule has 0 aliphatic heterocycles. The zero-order chi connectivity index (χ0) is 25.9. The van der Waals surface area contributed by atoms with E-state index >= 15 is 0 Å². The Morgan fingerprint density at radius 3 is 2.33 bits per heavy atom. The Kier molecular flexibility index (Phi) is 6.93. The average molecular weight is 518 g/mol. The Labute approximate surface area is 205 Å². The second kappa shape index (κ2) is 9.94. The van der Waals surface area contributed by atoms with Crippen LogP contribution in [-0.2, 0) is 10.0 Å². The van der Waals surface area contributed by atoms with Gasteiger partial charge in [0.2, 0.25) is 0 Å². The van der Waals surface area contributed by atoms with Gasteiger partial charge in [-0.3, -0.25) is 9.52 Å². The highest BCUT2D eigenvalue weighted by molar-refractivity contribution is 7.92. The molecule has 0 aliphatic carbocycles. The summed E-state index contributed by atoms with van der Waals surface area (Å²) in [6, 6.07) is 17.9. The van der Waals surface area contributed by atoms with Gasteiger partial charge in [-0.25, -0.2) is 8.42 Å². The third-order valence-corrected chi connectivity index (χ3v) is 6.64. The van der Waals surface area contributed by atoms with E-state index in [0.717, 1.165) is 36.2 Å². The maximum Gasteiger partial charge on any atom is 0.573 e. The molecule has 1 heterocycles. The Hall–Kier alpha value is -3.99. The second-order valence-electron chi connectivity index (χ2n) is 7.88. The number of sulfonamides is 1. The van der Waals surface area contributed by atoms with Crippen molar-refractivity contribution in [2.75, 3.05) is 11.3 Å². The molecule has 0 unspecified atom stereocenters. The molecule has 1 amide bonds. The van der Waals surface area contributed by atoms with Crippen LogP contribution in [0.3, 0.4) is 0 Å². The molecule has 0 saturated heterocycles. The predicted octanol–water partition coefficient (Wildman–Crippen LogP) is 5.67. The summed E-state index contributed by atoms with van der Waals surface area (Å²) in [5, 5.41) is 3.47. The monoisotopic (exact) mass is 517 g/mol. The van der Waals surface area contributed by atoms with E-state index in [1.54, 1.807) is 12.1 Å². The van der Waals surface area contributed by atoms with Crippen molar-refractivity contribution in [1.29, 1.82) is 0 Å². The Morgan fingerprint density at radius 1 is 1.00 bits per heavy atom. The van der Waals surface area contributed by atoms with E-state index in [0.29, 0.717) is 28.7 Å². The Balaban J connectivity index is 1.70. The van der Waals surface area contributed by atoms with E-state index in [1.165, 1.54) is 6.07 Å². The topological polar surface area (TPSA) is 100 Å². The van der Waals surface area contributed by atoms with Crippen LogP contribution in [0.2, 0.25) is 0 Å². The van der Waals surface area contributed by atoms with Crippen LogP contribution in [0.4, 0.5) is 18.9 Å². The lowest BCUT2D eigenvalue weighted by Crippen LogP contribution is -2.24. The van der Waals surface area contributed by atoms with Crippen molar-refractivity contribution in [2.45, 2.75) is 24.6 Å². The van der Waals surface area contributed by atoms with Gasteiger partial charge in [0.25, 0.3) is 15.9 Å². The number of H-pyrrole nitrogens is 1. The standard InChI is InChI=1S/C25H22F3N3O4S/c1-2-14-29-24(32)23-22(16-6-4-3-5-7-16)20-15-17(8-13-21(20)30-23)31-36(33,34)19-11-9-18(10-12-19)35-25(26,27)28/h3-13,15,30-31H,2,14H2,1H3,(H,29,32). The van der Waals surface area contributed by atoms with Gasteiger partial charge in [-0.05, 0) is 54.4 Å². The summed E-state index contributed by atoms with van der Waals surface area (Å²) in [6.45, 7) is 2.44. The van der Waals surface area contributed by atoms with Crippen molar-refractivity contribution >= 4 is 32.5 Å². The number of hydrogen-bond acceptors (Lipinski definition) is 4. The van der Waals surface area contributed by atoms with E-state index in [-0.39, 0.29) is 16.5 Å². The van der Waals surface area contributed by atoms with Crippen LogP contribution < -0.4 is 14.8 Å². The first kappa shape index (κ1) is 25.1. The molecule has 188 valence electrons. The molecule has 0 saturated carbocycles. The van der Waals surface area contributed by atoms with Crippen molar-refractivity contribution < 1.29 is 31.1 Å². The highest BCUT2D eigenvalue weighted by atomic mass is 32.2. The zero-order valence-electron chi connectivity index (χ0n) is 19.0. The zero-order valence-corrected chi connectivity index (χ0v) is 19.8. The molecular weight excluding hydrogens is 495 g/mol. The summed E-state index contributed by atoms with van der Waals surface area (Å²) in [6.07, 6.45) is -4.12. The van der Waals surface area contributed by atoms with E-state index in [4.69, 9.17) is 0 Å². The number of carbonyl (C=O) groups excluding carboxylic acids is 1. The number of carbonyl (C=O) groups is 1. The molecule has 11 heteroatoms. The van der Waals surface area contributed by atoms with Gasteiger partial charge in [-0.2, -0.15) is 0 Å². The largest absolute Gasteiger partial charge is 0.573 e. The van der Waals surface area contributed by atoms with Gasteiger partial charge in [0.15, 0.2) is 0 Å². The summed E-state index contributed by atoms with van der Waals surface area (Å²) in [7, 11) is -4.12. The predicted molar refractivity (Wildman–Crippen MR) is 130 cm³/mol. The Morgan fingerprint density at radius 2 is 1.69 bits per heavy atom. The number of rotatable bonds is 8. The molecule has 4 aromatic rings. The quantitative estimate of drug-likeness (QED) is 0.280. The van der Waals surface area contributed by atoms with Gasteiger partial charge < -0.3 is 15.0 Å². The lowest BCUT2D eigenvalue weighted by Gasteiger charge is -2.11. The molecule has 7 nitrogen and oxygen atoms in total. The fraction of sp³-hybridized carbons (Fsp3) is 0.160. The van der Waals surface area contributed by atoms with Crippen LogP contribution in [-0.4, -0.2) is 32.2 Å². The summed E-state index contributed by atoms with van der Waals surface area (Å²) < 4.78 is 69.1. The molecule has 0 radical (unpaired) electrons. The highest BCUT2D eigenvalue weighted by Gasteiger charge is 2.31. The highest BCUT2D eigenvalue weighted by Crippen LogP contribution is 2.35. The van der Waals surface area contributed by atoms with Gasteiger partial charge >= 0.3 is 6.36 Å². The minimum atomic E-state index is -4.88. The third-order valence-electron chi connectivity index (χ3n) is 5.24. The number of halogens is 3. The Bertz CT molecular complexity index is 1480. The van der Waals surface area contributed by atoms with Crippen molar-refractivity contribution in [3.8, 4) is 16.9 Å². The minimum Gasteiger partial charge on any atom is -0.406 e. The number of benzene rings is 3. The maximum absolute atomic E-state index is 12.9. The molecule has 3 N–H and O–H groups in total. The van der Waals surface area contributed by atoms with Gasteiger partial charge in [-0.1, -0.05) is 37.3 Å². The average Bonchev–Trinajstić information content (AvgIpc) is 3.21. The number of nitrogens with one attached hydrogen (secondary N) is 3. The summed E-state index contributed by atoms with van der Waals surface area (Å²) in [4.78, 5) is 15.7. The second-order valence-corrected chi connectivity index (χ2v) is 9.56. The first-order chi connectivity index (χ1) is 17.1.